The summed E-state index contributed by atoms with van der Waals surface area (Å²) in [6, 6.07) is 0. The van der Waals surface area contributed by atoms with E-state index in [9.17, 15) is 0 Å². The van der Waals surface area contributed by atoms with Crippen molar-refractivity contribution in [2.75, 3.05) is 6.61 Å². The fraction of sp³-hybridized carbons (Fsp3) is 0.667. The summed E-state index contributed by atoms with van der Waals surface area (Å²) in [4.78, 5) is 0. The molecule has 1 unspecified atom stereocenters. The Hall–Kier alpha value is -0.830. The highest BCUT2D eigenvalue weighted by atomic mass is 16.5. The lowest BCUT2D eigenvalue weighted by atomic mass is 10.1. The van der Waals surface area contributed by atoms with E-state index in [0.29, 0.717) is 12.5 Å². The molecular formula is C9H15NO2. The molecule has 1 aliphatic carbocycles. The predicted molar refractivity (Wildman–Crippen MR) is 47.6 cm³/mol. The zero-order valence-electron chi connectivity index (χ0n) is 7.15. The average Bonchev–Trinajstić information content (AvgIpc) is 2.86. The first-order valence-electron chi connectivity index (χ1n) is 4.27. The van der Waals surface area contributed by atoms with E-state index in [1.54, 1.807) is 0 Å². The Morgan fingerprint density at radius 2 is 2.42 bits per heavy atom. The standard InChI is InChI=1S/C9H15NO2/c1-2-3-9(8-4-5-8)12-7-6-10-11/h2,6,8-9,11H,1,3-5,7H2/b10-6+. The van der Waals surface area contributed by atoms with Crippen molar-refractivity contribution >= 4 is 6.21 Å². The summed E-state index contributed by atoms with van der Waals surface area (Å²) in [5.74, 6) is 0.704. The zero-order chi connectivity index (χ0) is 8.81. The maximum Gasteiger partial charge on any atom is 0.0855 e. The van der Waals surface area contributed by atoms with Crippen molar-refractivity contribution in [1.82, 2.24) is 0 Å². The molecule has 0 aromatic rings. The minimum Gasteiger partial charge on any atom is -0.411 e. The lowest BCUT2D eigenvalue weighted by molar-refractivity contribution is 0.0678. The molecule has 12 heavy (non-hydrogen) atoms. The minimum absolute atomic E-state index is 0.278. The van der Waals surface area contributed by atoms with E-state index in [1.165, 1.54) is 19.1 Å². The number of ether oxygens (including phenoxy) is 1. The van der Waals surface area contributed by atoms with Crippen molar-refractivity contribution in [3.05, 3.63) is 12.7 Å². The van der Waals surface area contributed by atoms with Crippen LogP contribution in [-0.4, -0.2) is 24.1 Å². The second-order valence-electron chi connectivity index (χ2n) is 3.03. The maximum atomic E-state index is 8.13. The Bertz CT molecular complexity index is 164. The SMILES string of the molecule is C=CCC(OC/C=N/O)C1CC1. The van der Waals surface area contributed by atoms with E-state index < -0.39 is 0 Å². The Labute approximate surface area is 72.7 Å². The van der Waals surface area contributed by atoms with Gasteiger partial charge in [0.25, 0.3) is 0 Å². The molecule has 0 spiro atoms. The molecule has 3 heteroatoms. The molecule has 1 atom stereocenters. The van der Waals surface area contributed by atoms with Crippen LogP contribution >= 0.6 is 0 Å². The normalized spacial score (nSPS) is 19.7. The molecule has 1 aliphatic rings. The van der Waals surface area contributed by atoms with Gasteiger partial charge in [0.2, 0.25) is 0 Å². The monoisotopic (exact) mass is 169 g/mol. The van der Waals surface area contributed by atoms with Crippen LogP contribution < -0.4 is 0 Å². The summed E-state index contributed by atoms with van der Waals surface area (Å²) in [5.41, 5.74) is 0. The number of oxime groups is 1. The summed E-state index contributed by atoms with van der Waals surface area (Å²) in [7, 11) is 0. The van der Waals surface area contributed by atoms with Crippen LogP contribution in [0.25, 0.3) is 0 Å². The second-order valence-corrected chi connectivity index (χ2v) is 3.03. The molecule has 0 heterocycles. The number of hydrogen-bond donors (Lipinski definition) is 1. The highest BCUT2D eigenvalue weighted by molar-refractivity contribution is 5.57. The quantitative estimate of drug-likeness (QED) is 0.285. The molecule has 1 fully saturated rings. The highest BCUT2D eigenvalue weighted by Gasteiger charge is 2.30. The van der Waals surface area contributed by atoms with Gasteiger partial charge in [0.05, 0.1) is 18.9 Å². The summed E-state index contributed by atoms with van der Waals surface area (Å²) >= 11 is 0. The lowest BCUT2D eigenvalue weighted by Gasteiger charge is -2.13. The van der Waals surface area contributed by atoms with Crippen molar-refractivity contribution in [3.63, 3.8) is 0 Å². The summed E-state index contributed by atoms with van der Waals surface area (Å²) < 4.78 is 5.47. The largest absolute Gasteiger partial charge is 0.411 e. The van der Waals surface area contributed by atoms with Crippen molar-refractivity contribution in [2.24, 2.45) is 11.1 Å². The third-order valence-corrected chi connectivity index (χ3v) is 2.01. The van der Waals surface area contributed by atoms with E-state index in [2.05, 4.69) is 11.7 Å². The van der Waals surface area contributed by atoms with E-state index in [-0.39, 0.29) is 6.10 Å². The van der Waals surface area contributed by atoms with Crippen molar-refractivity contribution < 1.29 is 9.94 Å². The lowest BCUT2D eigenvalue weighted by Crippen LogP contribution is -2.15. The highest BCUT2D eigenvalue weighted by Crippen LogP contribution is 2.35. The van der Waals surface area contributed by atoms with Gasteiger partial charge in [0.15, 0.2) is 0 Å². The first-order chi connectivity index (χ1) is 5.88. The summed E-state index contributed by atoms with van der Waals surface area (Å²) in [6.45, 7) is 4.07. The summed E-state index contributed by atoms with van der Waals surface area (Å²) in [6.07, 6.45) is 6.92. The molecular weight excluding hydrogens is 154 g/mol. The average molecular weight is 169 g/mol. The van der Waals surface area contributed by atoms with Crippen LogP contribution in [0.1, 0.15) is 19.3 Å². The minimum atomic E-state index is 0.278. The maximum absolute atomic E-state index is 8.13. The van der Waals surface area contributed by atoms with Gasteiger partial charge in [-0.25, -0.2) is 0 Å². The number of nitrogens with zero attached hydrogens (tertiary/aromatic N) is 1. The first-order valence-corrected chi connectivity index (χ1v) is 4.27. The topological polar surface area (TPSA) is 41.8 Å². The Kier molecular flexibility index (Phi) is 3.80. The molecule has 0 amide bonds. The molecule has 0 saturated heterocycles. The van der Waals surface area contributed by atoms with Gasteiger partial charge in [0, 0.05) is 0 Å². The molecule has 0 aliphatic heterocycles. The second kappa shape index (κ2) is 4.93. The first kappa shape index (κ1) is 9.26. The fourth-order valence-corrected chi connectivity index (χ4v) is 1.23. The number of hydrogen-bond acceptors (Lipinski definition) is 3. The smallest absolute Gasteiger partial charge is 0.0855 e. The molecule has 1 rings (SSSR count). The Balaban J connectivity index is 2.17. The summed E-state index contributed by atoms with van der Waals surface area (Å²) in [5, 5.41) is 11.0. The molecule has 3 nitrogen and oxygen atoms in total. The van der Waals surface area contributed by atoms with Crippen LogP contribution in [0.15, 0.2) is 17.8 Å². The van der Waals surface area contributed by atoms with E-state index in [0.717, 1.165) is 6.42 Å². The molecule has 1 saturated carbocycles. The van der Waals surface area contributed by atoms with Crippen molar-refractivity contribution in [1.29, 1.82) is 0 Å². The van der Waals surface area contributed by atoms with Gasteiger partial charge in [-0.1, -0.05) is 11.2 Å². The molecule has 0 aromatic carbocycles. The van der Waals surface area contributed by atoms with Crippen molar-refractivity contribution in [2.45, 2.75) is 25.4 Å². The number of rotatable bonds is 6. The van der Waals surface area contributed by atoms with Gasteiger partial charge in [-0.2, -0.15) is 0 Å². The third kappa shape index (κ3) is 3.05. The molecule has 0 aromatic heterocycles. The third-order valence-electron chi connectivity index (χ3n) is 2.01. The van der Waals surface area contributed by atoms with Gasteiger partial charge in [-0.3, -0.25) is 0 Å². The van der Waals surface area contributed by atoms with Gasteiger partial charge in [-0.15, -0.1) is 6.58 Å². The van der Waals surface area contributed by atoms with Gasteiger partial charge in [-0.05, 0) is 25.2 Å². The van der Waals surface area contributed by atoms with Crippen LogP contribution in [0.3, 0.4) is 0 Å². The Morgan fingerprint density at radius 1 is 1.67 bits per heavy atom. The van der Waals surface area contributed by atoms with Gasteiger partial charge < -0.3 is 9.94 Å². The van der Waals surface area contributed by atoms with Crippen LogP contribution in [-0.2, 0) is 4.74 Å². The molecule has 0 radical (unpaired) electrons. The van der Waals surface area contributed by atoms with Crippen LogP contribution in [0.2, 0.25) is 0 Å². The van der Waals surface area contributed by atoms with Gasteiger partial charge >= 0.3 is 0 Å². The van der Waals surface area contributed by atoms with Crippen LogP contribution in [0.5, 0.6) is 0 Å². The molecule has 0 bridgehead atoms. The zero-order valence-corrected chi connectivity index (χ0v) is 7.15. The van der Waals surface area contributed by atoms with Crippen molar-refractivity contribution in [3.8, 4) is 0 Å². The predicted octanol–water partition coefficient (Wildman–Crippen LogP) is 1.82. The van der Waals surface area contributed by atoms with E-state index in [4.69, 9.17) is 9.94 Å². The van der Waals surface area contributed by atoms with E-state index >= 15 is 0 Å². The molecule has 68 valence electrons. The van der Waals surface area contributed by atoms with E-state index in [1.807, 2.05) is 6.08 Å². The van der Waals surface area contributed by atoms with Crippen LogP contribution in [0, 0.1) is 5.92 Å². The fourth-order valence-electron chi connectivity index (χ4n) is 1.23. The molecule has 1 N–H and O–H groups in total. The van der Waals surface area contributed by atoms with Crippen LogP contribution in [0.4, 0.5) is 0 Å². The van der Waals surface area contributed by atoms with Gasteiger partial charge in [0.1, 0.15) is 0 Å². The Morgan fingerprint density at radius 3 is 2.92 bits per heavy atom.